The van der Waals surface area contributed by atoms with Crippen LogP contribution in [0.15, 0.2) is 36.4 Å². The van der Waals surface area contributed by atoms with Crippen molar-refractivity contribution < 1.29 is 24.3 Å². The molecule has 1 heterocycles. The van der Waals surface area contributed by atoms with Gasteiger partial charge in [0.2, 0.25) is 6.79 Å². The molecule has 2 aromatic rings. The molecule has 0 fully saturated rings. The predicted molar refractivity (Wildman–Crippen MR) is 106 cm³/mol. The first-order valence-electron chi connectivity index (χ1n) is 9.21. The van der Waals surface area contributed by atoms with Crippen LogP contribution in [0.5, 0.6) is 11.5 Å². The Balaban J connectivity index is 1.79. The number of carbonyl (C=O) groups excluding carboxylic acids is 1. The molecule has 29 heavy (non-hydrogen) atoms. The lowest BCUT2D eigenvalue weighted by atomic mass is 10.0. The van der Waals surface area contributed by atoms with Gasteiger partial charge < -0.3 is 25.2 Å². The number of anilines is 1. The number of hydrogen-bond acceptors (Lipinski definition) is 7. The number of rotatable bonds is 8. The van der Waals surface area contributed by atoms with E-state index < -0.39 is 10.8 Å². The highest BCUT2D eigenvalue weighted by Gasteiger charge is 2.20. The third-order valence-corrected chi connectivity index (χ3v) is 4.69. The summed E-state index contributed by atoms with van der Waals surface area (Å²) in [6.07, 6.45) is 0. The number of nitro benzene ring substituents is 1. The molecule has 9 heteroatoms. The number of aliphatic hydroxyl groups excluding tert-OH is 1. The van der Waals surface area contributed by atoms with Gasteiger partial charge in [0, 0.05) is 24.4 Å². The Kier molecular flexibility index (Phi) is 6.18. The van der Waals surface area contributed by atoms with Crippen molar-refractivity contribution in [2.75, 3.05) is 18.7 Å². The second-order valence-electron chi connectivity index (χ2n) is 7.03. The maximum Gasteiger partial charge on any atom is 0.270 e. The Hall–Kier alpha value is -3.33. The fourth-order valence-corrected chi connectivity index (χ4v) is 2.91. The van der Waals surface area contributed by atoms with E-state index in [0.717, 1.165) is 5.56 Å². The van der Waals surface area contributed by atoms with Crippen molar-refractivity contribution in [1.29, 1.82) is 0 Å². The van der Waals surface area contributed by atoms with Crippen LogP contribution in [0.3, 0.4) is 0 Å². The summed E-state index contributed by atoms with van der Waals surface area (Å²) in [7, 11) is 0. The van der Waals surface area contributed by atoms with Crippen LogP contribution in [0.1, 0.15) is 29.8 Å². The number of amides is 1. The molecule has 0 aliphatic carbocycles. The van der Waals surface area contributed by atoms with Gasteiger partial charge in [0.25, 0.3) is 11.6 Å². The van der Waals surface area contributed by atoms with Crippen LogP contribution in [0.25, 0.3) is 0 Å². The van der Waals surface area contributed by atoms with Crippen molar-refractivity contribution in [3.05, 3.63) is 57.6 Å². The Labute approximate surface area is 167 Å². The average molecular weight is 401 g/mol. The number of fused-ring (bicyclic) bond motifs is 1. The number of benzene rings is 2. The fraction of sp³-hybridized carbons (Fsp3) is 0.350. The molecule has 1 unspecified atom stereocenters. The first-order valence-corrected chi connectivity index (χ1v) is 9.21. The van der Waals surface area contributed by atoms with E-state index in [4.69, 9.17) is 9.47 Å². The first kappa shape index (κ1) is 20.4. The highest BCUT2D eigenvalue weighted by atomic mass is 16.7. The van der Waals surface area contributed by atoms with Crippen LogP contribution in [-0.4, -0.2) is 35.4 Å². The molecule has 1 aliphatic rings. The van der Waals surface area contributed by atoms with Gasteiger partial charge in [-0.25, -0.2) is 0 Å². The molecule has 2 aromatic carbocycles. The van der Waals surface area contributed by atoms with Gasteiger partial charge >= 0.3 is 0 Å². The van der Waals surface area contributed by atoms with Crippen LogP contribution in [0, 0.1) is 16.0 Å². The van der Waals surface area contributed by atoms with Crippen molar-refractivity contribution in [2.24, 2.45) is 5.92 Å². The van der Waals surface area contributed by atoms with Crippen molar-refractivity contribution in [2.45, 2.75) is 26.4 Å². The van der Waals surface area contributed by atoms with Crippen LogP contribution < -0.4 is 20.1 Å². The summed E-state index contributed by atoms with van der Waals surface area (Å²) in [6, 6.07) is 9.09. The van der Waals surface area contributed by atoms with E-state index in [-0.39, 0.29) is 43.2 Å². The molecule has 0 spiro atoms. The maximum atomic E-state index is 12.8. The molecule has 1 amide bonds. The molecule has 0 aromatic heterocycles. The lowest BCUT2D eigenvalue weighted by molar-refractivity contribution is -0.384. The molecule has 1 aliphatic heterocycles. The minimum Gasteiger partial charge on any atom is -0.454 e. The van der Waals surface area contributed by atoms with Crippen LogP contribution in [0.2, 0.25) is 0 Å². The summed E-state index contributed by atoms with van der Waals surface area (Å²) in [5.74, 6) is 0.889. The Morgan fingerprint density at radius 1 is 1.21 bits per heavy atom. The molecular weight excluding hydrogens is 378 g/mol. The molecule has 3 N–H and O–H groups in total. The van der Waals surface area contributed by atoms with E-state index in [2.05, 4.69) is 10.6 Å². The average Bonchev–Trinajstić information content (AvgIpc) is 3.17. The summed E-state index contributed by atoms with van der Waals surface area (Å²) in [4.78, 5) is 23.4. The molecule has 154 valence electrons. The van der Waals surface area contributed by atoms with Gasteiger partial charge in [0.1, 0.15) is 0 Å². The third-order valence-electron chi connectivity index (χ3n) is 4.69. The minimum atomic E-state index is -0.551. The molecule has 1 atom stereocenters. The van der Waals surface area contributed by atoms with E-state index in [9.17, 15) is 20.0 Å². The Morgan fingerprint density at radius 2 is 1.97 bits per heavy atom. The summed E-state index contributed by atoms with van der Waals surface area (Å²) in [5, 5.41) is 26.6. The van der Waals surface area contributed by atoms with Gasteiger partial charge in [-0.15, -0.1) is 0 Å². The standard InChI is InChI=1S/C20H23N3O6/c1-12(2)17(10-24)22-16-5-4-14(23(26)27)8-15(16)20(25)21-9-13-3-6-18-19(7-13)29-11-28-18/h3-8,12,17,22,24H,9-11H2,1-2H3,(H,21,25). The quantitative estimate of drug-likeness (QED) is 0.459. The van der Waals surface area contributed by atoms with Crippen LogP contribution >= 0.6 is 0 Å². The molecule has 0 saturated heterocycles. The number of nitrogens with one attached hydrogen (secondary N) is 2. The summed E-state index contributed by atoms with van der Waals surface area (Å²) < 4.78 is 10.6. The molecular formula is C20H23N3O6. The zero-order valence-corrected chi connectivity index (χ0v) is 16.2. The SMILES string of the molecule is CC(C)C(CO)Nc1ccc([N+](=O)[O-])cc1C(=O)NCc1ccc2c(c1)OCO2. The Morgan fingerprint density at radius 3 is 2.66 bits per heavy atom. The van der Waals surface area contributed by atoms with Crippen LogP contribution in [-0.2, 0) is 6.54 Å². The Bertz CT molecular complexity index is 915. The number of ether oxygens (including phenoxy) is 2. The highest BCUT2D eigenvalue weighted by Crippen LogP contribution is 2.32. The minimum absolute atomic E-state index is 0.0970. The maximum absolute atomic E-state index is 12.8. The van der Waals surface area contributed by atoms with Gasteiger partial charge in [-0.3, -0.25) is 14.9 Å². The fourth-order valence-electron chi connectivity index (χ4n) is 2.91. The van der Waals surface area contributed by atoms with Crippen molar-refractivity contribution in [1.82, 2.24) is 5.32 Å². The molecule has 0 bridgehead atoms. The van der Waals surface area contributed by atoms with E-state index >= 15 is 0 Å². The second kappa shape index (κ2) is 8.78. The lowest BCUT2D eigenvalue weighted by Gasteiger charge is -2.22. The van der Waals surface area contributed by atoms with E-state index in [1.54, 1.807) is 18.2 Å². The zero-order valence-electron chi connectivity index (χ0n) is 16.2. The zero-order chi connectivity index (χ0) is 21.0. The lowest BCUT2D eigenvalue weighted by Crippen LogP contribution is -2.31. The van der Waals surface area contributed by atoms with Gasteiger partial charge in [-0.1, -0.05) is 19.9 Å². The molecule has 0 radical (unpaired) electrons. The molecule has 0 saturated carbocycles. The van der Waals surface area contributed by atoms with Gasteiger partial charge in [-0.05, 0) is 29.7 Å². The van der Waals surface area contributed by atoms with Gasteiger partial charge in [0.15, 0.2) is 11.5 Å². The largest absolute Gasteiger partial charge is 0.454 e. The summed E-state index contributed by atoms with van der Waals surface area (Å²) in [6.45, 7) is 4.10. The third kappa shape index (κ3) is 4.75. The predicted octanol–water partition coefficient (Wildman–Crippen LogP) is 2.68. The number of nitrogens with zero attached hydrogens (tertiary/aromatic N) is 1. The summed E-state index contributed by atoms with van der Waals surface area (Å²) in [5.41, 5.74) is 1.18. The van der Waals surface area contributed by atoms with Crippen LogP contribution in [0.4, 0.5) is 11.4 Å². The normalized spacial score (nSPS) is 13.2. The molecule has 9 nitrogen and oxygen atoms in total. The number of aliphatic hydroxyl groups is 1. The number of nitro groups is 1. The number of non-ortho nitro benzene ring substituents is 1. The summed E-state index contributed by atoms with van der Waals surface area (Å²) >= 11 is 0. The van der Waals surface area contributed by atoms with Crippen molar-refractivity contribution in [3.63, 3.8) is 0 Å². The second-order valence-corrected chi connectivity index (χ2v) is 7.03. The number of hydrogen-bond donors (Lipinski definition) is 3. The van der Waals surface area contributed by atoms with Gasteiger partial charge in [-0.2, -0.15) is 0 Å². The monoisotopic (exact) mass is 401 g/mol. The smallest absolute Gasteiger partial charge is 0.270 e. The van der Waals surface area contributed by atoms with Crippen molar-refractivity contribution in [3.8, 4) is 11.5 Å². The topological polar surface area (TPSA) is 123 Å². The first-order chi connectivity index (χ1) is 13.9. The van der Waals surface area contributed by atoms with E-state index in [1.165, 1.54) is 18.2 Å². The van der Waals surface area contributed by atoms with E-state index in [0.29, 0.717) is 17.2 Å². The highest BCUT2D eigenvalue weighted by molar-refractivity contribution is 6.00. The van der Waals surface area contributed by atoms with E-state index in [1.807, 2.05) is 13.8 Å². The van der Waals surface area contributed by atoms with Crippen molar-refractivity contribution >= 4 is 17.3 Å². The van der Waals surface area contributed by atoms with Gasteiger partial charge in [0.05, 0.1) is 23.1 Å². The molecule has 3 rings (SSSR count). The number of carbonyl (C=O) groups is 1.